The molecule has 0 fully saturated rings. The van der Waals surface area contributed by atoms with Gasteiger partial charge in [-0.1, -0.05) is 19.1 Å². The number of hydrogen-bond donors (Lipinski definition) is 3. The third-order valence-corrected chi connectivity index (χ3v) is 5.43. The normalized spacial score (nSPS) is 15.0. The number of rotatable bonds is 8. The molecule has 1 aromatic heterocycles. The topological polar surface area (TPSA) is 102 Å². The van der Waals surface area contributed by atoms with E-state index in [0.29, 0.717) is 35.5 Å². The fourth-order valence-electron chi connectivity index (χ4n) is 3.42. The summed E-state index contributed by atoms with van der Waals surface area (Å²) in [6, 6.07) is 5.95. The number of para-hydroxylation sites is 1. The Kier molecular flexibility index (Phi) is 9.93. The Morgan fingerprint density at radius 2 is 2.03 bits per heavy atom. The van der Waals surface area contributed by atoms with Crippen molar-refractivity contribution in [2.24, 2.45) is 0 Å². The van der Waals surface area contributed by atoms with Gasteiger partial charge in [0.05, 0.1) is 12.1 Å². The Morgan fingerprint density at radius 3 is 2.70 bits per heavy atom. The number of benzene rings is 1. The zero-order chi connectivity index (χ0) is 26.5. The average Bonchev–Trinajstić information content (AvgIpc) is 2.91. The minimum atomic E-state index is -4.87. The van der Waals surface area contributed by atoms with E-state index >= 15 is 0 Å². The molecule has 12 heteroatoms. The summed E-state index contributed by atoms with van der Waals surface area (Å²) in [5.74, 6) is -0.681. The number of aromatic nitrogens is 1. The van der Waals surface area contributed by atoms with Crippen LogP contribution in [0.1, 0.15) is 50.8 Å². The Balaban J connectivity index is 0.00000481. The predicted molar refractivity (Wildman–Crippen MR) is 135 cm³/mol. The van der Waals surface area contributed by atoms with E-state index in [1.165, 1.54) is 12.1 Å². The van der Waals surface area contributed by atoms with Crippen molar-refractivity contribution in [3.05, 3.63) is 52.7 Å². The highest BCUT2D eigenvalue weighted by atomic mass is 35.5. The first-order valence-corrected chi connectivity index (χ1v) is 11.4. The van der Waals surface area contributed by atoms with Gasteiger partial charge >= 0.3 is 6.36 Å². The molecular weight excluding hydrogens is 513 g/mol. The second kappa shape index (κ2) is 12.3. The summed E-state index contributed by atoms with van der Waals surface area (Å²) in [5.41, 5.74) is 1.39. The van der Waals surface area contributed by atoms with Gasteiger partial charge < -0.3 is 20.1 Å². The van der Waals surface area contributed by atoms with Crippen molar-refractivity contribution in [2.75, 3.05) is 11.9 Å². The zero-order valence-electron chi connectivity index (χ0n) is 20.9. The van der Waals surface area contributed by atoms with E-state index in [2.05, 4.69) is 25.7 Å². The Hall–Kier alpha value is -3.31. The summed E-state index contributed by atoms with van der Waals surface area (Å²) in [6.07, 6.45) is -1.11. The lowest BCUT2D eigenvalue weighted by atomic mass is 10.1. The Bertz CT molecular complexity index is 1170. The van der Waals surface area contributed by atoms with E-state index in [-0.39, 0.29) is 37.2 Å². The fraction of sp³-hybridized carbons (Fsp3) is 0.400. The Morgan fingerprint density at radius 1 is 1.30 bits per heavy atom. The minimum Gasteiger partial charge on any atom is -0.489 e. The van der Waals surface area contributed by atoms with Gasteiger partial charge in [0.25, 0.3) is 0 Å². The maximum atomic E-state index is 12.8. The van der Waals surface area contributed by atoms with Crippen molar-refractivity contribution >= 4 is 36.1 Å². The summed E-state index contributed by atoms with van der Waals surface area (Å²) < 4.78 is 48.0. The van der Waals surface area contributed by atoms with Gasteiger partial charge in [0.15, 0.2) is 11.5 Å². The van der Waals surface area contributed by atoms with Crippen molar-refractivity contribution in [2.45, 2.75) is 59.1 Å². The van der Waals surface area contributed by atoms with Crippen molar-refractivity contribution < 1.29 is 32.2 Å². The third-order valence-electron chi connectivity index (χ3n) is 5.43. The van der Waals surface area contributed by atoms with Gasteiger partial charge in [-0.25, -0.2) is 4.98 Å². The van der Waals surface area contributed by atoms with Gasteiger partial charge in [-0.15, -0.1) is 25.6 Å². The van der Waals surface area contributed by atoms with Gasteiger partial charge in [0.2, 0.25) is 11.8 Å². The van der Waals surface area contributed by atoms with E-state index in [1.54, 1.807) is 39.1 Å². The standard InChI is InChI=1S/C25H29F3N4O4.ClH/c1-5-9-35-20-17(7-6-8-19(20)36-25(26,27)28)13-30-22(33)15(2)10-16-11-18-14-31-24(3,4)23(34)32-21(18)29-12-16;/h6-8,10-12,31H,5,9,13-14H2,1-4H3,(H,30,33)(H,29,32,34);1H/b15-10+;. The molecule has 1 aliphatic rings. The first kappa shape index (κ1) is 29.9. The van der Waals surface area contributed by atoms with Crippen LogP contribution in [-0.4, -0.2) is 35.3 Å². The maximum absolute atomic E-state index is 12.8. The largest absolute Gasteiger partial charge is 0.573 e. The summed E-state index contributed by atoms with van der Waals surface area (Å²) >= 11 is 0. The van der Waals surface area contributed by atoms with Gasteiger partial charge in [0.1, 0.15) is 5.82 Å². The molecule has 1 aromatic carbocycles. The highest BCUT2D eigenvalue weighted by molar-refractivity contribution is 5.99. The summed E-state index contributed by atoms with van der Waals surface area (Å²) in [7, 11) is 0. The number of nitrogens with one attached hydrogen (secondary N) is 3. The van der Waals surface area contributed by atoms with Crippen molar-refractivity contribution in [3.8, 4) is 11.5 Å². The van der Waals surface area contributed by atoms with Crippen LogP contribution in [0.4, 0.5) is 19.0 Å². The van der Waals surface area contributed by atoms with Crippen LogP contribution in [0.25, 0.3) is 6.08 Å². The number of nitrogens with zero attached hydrogens (tertiary/aromatic N) is 1. The lowest BCUT2D eigenvalue weighted by Crippen LogP contribution is -2.47. The second-order valence-corrected chi connectivity index (χ2v) is 8.86. The number of fused-ring (bicyclic) bond motifs is 1. The molecule has 0 saturated heterocycles. The molecule has 0 saturated carbocycles. The number of halogens is 4. The second-order valence-electron chi connectivity index (χ2n) is 8.86. The lowest BCUT2D eigenvalue weighted by molar-refractivity contribution is -0.275. The van der Waals surface area contributed by atoms with Crippen LogP contribution in [0.5, 0.6) is 11.5 Å². The van der Waals surface area contributed by atoms with Gasteiger partial charge in [-0.05, 0) is 51.0 Å². The van der Waals surface area contributed by atoms with Crippen LogP contribution in [0.3, 0.4) is 0 Å². The molecule has 0 bridgehead atoms. The number of alkyl halides is 3. The third kappa shape index (κ3) is 8.09. The van der Waals surface area contributed by atoms with Crippen molar-refractivity contribution in [3.63, 3.8) is 0 Å². The fourth-order valence-corrected chi connectivity index (χ4v) is 3.42. The quantitative estimate of drug-likeness (QED) is 0.417. The lowest BCUT2D eigenvalue weighted by Gasteiger charge is -2.21. The maximum Gasteiger partial charge on any atom is 0.573 e. The van der Waals surface area contributed by atoms with Crippen LogP contribution >= 0.6 is 12.4 Å². The van der Waals surface area contributed by atoms with Gasteiger partial charge in [-0.2, -0.15) is 0 Å². The van der Waals surface area contributed by atoms with Crippen LogP contribution in [0.2, 0.25) is 0 Å². The molecule has 2 amide bonds. The van der Waals surface area contributed by atoms with Crippen LogP contribution in [0.15, 0.2) is 36.0 Å². The number of anilines is 1. The molecule has 0 radical (unpaired) electrons. The molecule has 3 rings (SSSR count). The number of hydrogen-bond acceptors (Lipinski definition) is 6. The molecule has 37 heavy (non-hydrogen) atoms. The van der Waals surface area contributed by atoms with E-state index in [1.807, 2.05) is 13.0 Å². The van der Waals surface area contributed by atoms with E-state index in [0.717, 1.165) is 5.56 Å². The zero-order valence-corrected chi connectivity index (χ0v) is 21.7. The molecule has 0 unspecified atom stereocenters. The first-order valence-electron chi connectivity index (χ1n) is 11.4. The van der Waals surface area contributed by atoms with Gasteiger partial charge in [0, 0.05) is 36.0 Å². The molecule has 0 atom stereocenters. The van der Waals surface area contributed by atoms with Crippen molar-refractivity contribution in [1.82, 2.24) is 15.6 Å². The number of carbonyl (C=O) groups is 2. The highest BCUT2D eigenvalue weighted by Crippen LogP contribution is 2.35. The minimum absolute atomic E-state index is 0. The molecule has 202 valence electrons. The van der Waals surface area contributed by atoms with E-state index in [9.17, 15) is 22.8 Å². The first-order chi connectivity index (χ1) is 16.9. The molecular formula is C25H30ClF3N4O4. The Labute approximate surface area is 219 Å². The number of ether oxygens (including phenoxy) is 2. The number of pyridine rings is 1. The predicted octanol–water partition coefficient (Wildman–Crippen LogP) is 4.73. The SMILES string of the molecule is CCCOc1c(CNC(=O)/C(C)=C/c2cnc3c(c2)CNC(C)(C)C(=O)N3)cccc1OC(F)(F)F.Cl. The monoisotopic (exact) mass is 542 g/mol. The smallest absolute Gasteiger partial charge is 0.489 e. The van der Waals surface area contributed by atoms with Crippen LogP contribution in [0, 0.1) is 0 Å². The summed E-state index contributed by atoms with van der Waals surface area (Å²) in [6.45, 7) is 7.52. The van der Waals surface area contributed by atoms with Crippen LogP contribution in [-0.2, 0) is 22.7 Å². The highest BCUT2D eigenvalue weighted by Gasteiger charge is 2.33. The van der Waals surface area contributed by atoms with E-state index < -0.39 is 23.6 Å². The number of carbonyl (C=O) groups excluding carboxylic acids is 2. The molecule has 2 heterocycles. The molecule has 3 N–H and O–H groups in total. The number of amides is 2. The summed E-state index contributed by atoms with van der Waals surface area (Å²) in [5, 5.41) is 8.65. The summed E-state index contributed by atoms with van der Waals surface area (Å²) in [4.78, 5) is 29.3. The molecule has 0 spiro atoms. The van der Waals surface area contributed by atoms with Crippen LogP contribution < -0.4 is 25.4 Å². The molecule has 1 aliphatic heterocycles. The average molecular weight is 543 g/mol. The van der Waals surface area contributed by atoms with Crippen molar-refractivity contribution in [1.29, 1.82) is 0 Å². The molecule has 0 aliphatic carbocycles. The van der Waals surface area contributed by atoms with Gasteiger partial charge in [-0.3, -0.25) is 14.9 Å². The molecule has 2 aromatic rings. The van der Waals surface area contributed by atoms with E-state index in [4.69, 9.17) is 4.74 Å². The molecule has 8 nitrogen and oxygen atoms in total.